The molecular formula is C21H21N3O3. The van der Waals surface area contributed by atoms with Gasteiger partial charge in [0.05, 0.1) is 19.0 Å². The number of phenolic OH excluding ortho intramolecular Hbond substituents is 1. The van der Waals surface area contributed by atoms with Gasteiger partial charge in [0.2, 0.25) is 5.91 Å². The van der Waals surface area contributed by atoms with Crippen LogP contribution in [0.2, 0.25) is 0 Å². The molecule has 2 N–H and O–H groups in total. The van der Waals surface area contributed by atoms with Gasteiger partial charge in [-0.15, -0.1) is 0 Å². The SMILES string of the molecule is CCc1ccc(-n2ncc3c2NC(=O)CC3c2ccc(O)c(OC)c2)cc1. The first-order valence-corrected chi connectivity index (χ1v) is 8.94. The first-order valence-electron chi connectivity index (χ1n) is 8.94. The molecular weight excluding hydrogens is 342 g/mol. The number of carbonyl (C=O) groups excluding carboxylic acids is 1. The van der Waals surface area contributed by atoms with Crippen LogP contribution < -0.4 is 10.1 Å². The summed E-state index contributed by atoms with van der Waals surface area (Å²) in [6.45, 7) is 2.11. The summed E-state index contributed by atoms with van der Waals surface area (Å²) in [6, 6.07) is 13.3. The topological polar surface area (TPSA) is 76.4 Å². The van der Waals surface area contributed by atoms with Crippen molar-refractivity contribution in [1.29, 1.82) is 0 Å². The van der Waals surface area contributed by atoms with E-state index in [1.54, 1.807) is 23.0 Å². The van der Waals surface area contributed by atoms with Crippen molar-refractivity contribution < 1.29 is 14.6 Å². The zero-order chi connectivity index (χ0) is 19.0. The fourth-order valence-electron chi connectivity index (χ4n) is 3.50. The monoisotopic (exact) mass is 363 g/mol. The van der Waals surface area contributed by atoms with Crippen molar-refractivity contribution in [3.63, 3.8) is 0 Å². The molecule has 1 aliphatic rings. The number of aryl methyl sites for hydroxylation is 1. The van der Waals surface area contributed by atoms with E-state index in [0.29, 0.717) is 18.0 Å². The fourth-order valence-corrected chi connectivity index (χ4v) is 3.50. The summed E-state index contributed by atoms with van der Waals surface area (Å²) in [5.41, 5.74) is 4.00. The number of nitrogens with one attached hydrogen (secondary N) is 1. The zero-order valence-corrected chi connectivity index (χ0v) is 15.3. The number of fused-ring (bicyclic) bond motifs is 1. The highest BCUT2D eigenvalue weighted by Crippen LogP contribution is 2.40. The van der Waals surface area contributed by atoms with Crippen LogP contribution in [-0.4, -0.2) is 27.9 Å². The van der Waals surface area contributed by atoms with Gasteiger partial charge in [-0.3, -0.25) is 4.79 Å². The molecule has 2 heterocycles. The zero-order valence-electron chi connectivity index (χ0n) is 15.3. The third kappa shape index (κ3) is 3.03. The molecule has 1 amide bonds. The van der Waals surface area contributed by atoms with Gasteiger partial charge in [0.1, 0.15) is 5.82 Å². The highest BCUT2D eigenvalue weighted by Gasteiger charge is 2.30. The van der Waals surface area contributed by atoms with Gasteiger partial charge in [-0.1, -0.05) is 25.1 Å². The van der Waals surface area contributed by atoms with Crippen molar-refractivity contribution in [3.05, 3.63) is 65.4 Å². The van der Waals surface area contributed by atoms with Crippen LogP contribution in [0.1, 0.15) is 36.0 Å². The minimum atomic E-state index is -0.146. The van der Waals surface area contributed by atoms with Gasteiger partial charge in [-0.2, -0.15) is 5.10 Å². The highest BCUT2D eigenvalue weighted by atomic mass is 16.5. The maximum Gasteiger partial charge on any atom is 0.226 e. The van der Waals surface area contributed by atoms with Crippen molar-refractivity contribution >= 4 is 11.7 Å². The number of hydrogen-bond donors (Lipinski definition) is 2. The summed E-state index contributed by atoms with van der Waals surface area (Å²) in [5.74, 6) is 0.946. The maximum atomic E-state index is 12.4. The lowest BCUT2D eigenvalue weighted by Gasteiger charge is -2.24. The van der Waals surface area contributed by atoms with Gasteiger partial charge in [-0.25, -0.2) is 4.68 Å². The minimum Gasteiger partial charge on any atom is -0.504 e. The number of phenols is 1. The Labute approximate surface area is 157 Å². The van der Waals surface area contributed by atoms with Crippen LogP contribution in [0.4, 0.5) is 5.82 Å². The fraction of sp³-hybridized carbons (Fsp3) is 0.238. The van der Waals surface area contributed by atoms with Crippen molar-refractivity contribution in [3.8, 4) is 17.2 Å². The van der Waals surface area contributed by atoms with Gasteiger partial charge < -0.3 is 15.2 Å². The predicted octanol–water partition coefficient (Wildman–Crippen LogP) is 3.62. The molecule has 6 heteroatoms. The number of nitrogens with zero attached hydrogens (tertiary/aromatic N) is 2. The molecule has 0 spiro atoms. The van der Waals surface area contributed by atoms with Crippen LogP contribution in [0.25, 0.3) is 5.69 Å². The molecule has 0 saturated heterocycles. The Morgan fingerprint density at radius 1 is 1.26 bits per heavy atom. The van der Waals surface area contributed by atoms with E-state index in [0.717, 1.165) is 23.2 Å². The first-order chi connectivity index (χ1) is 13.1. The quantitative estimate of drug-likeness (QED) is 0.742. The first kappa shape index (κ1) is 17.1. The average Bonchev–Trinajstić information content (AvgIpc) is 3.11. The van der Waals surface area contributed by atoms with Gasteiger partial charge >= 0.3 is 0 Å². The Morgan fingerprint density at radius 2 is 2.04 bits per heavy atom. The van der Waals surface area contributed by atoms with Crippen LogP contribution in [0.5, 0.6) is 11.5 Å². The summed E-state index contributed by atoms with van der Waals surface area (Å²) in [7, 11) is 1.51. The van der Waals surface area contributed by atoms with Gasteiger partial charge in [0.25, 0.3) is 0 Å². The van der Waals surface area contributed by atoms with E-state index in [1.807, 2.05) is 18.2 Å². The summed E-state index contributed by atoms with van der Waals surface area (Å²) >= 11 is 0. The number of aromatic nitrogens is 2. The molecule has 0 bridgehead atoms. The summed E-state index contributed by atoms with van der Waals surface area (Å²) in [4.78, 5) is 12.4. The van der Waals surface area contributed by atoms with Crippen LogP contribution in [-0.2, 0) is 11.2 Å². The van der Waals surface area contributed by atoms with E-state index in [4.69, 9.17) is 4.74 Å². The number of methoxy groups -OCH3 is 1. The van der Waals surface area contributed by atoms with Crippen LogP contribution in [0.3, 0.4) is 0 Å². The Kier molecular flexibility index (Phi) is 4.32. The number of anilines is 1. The van der Waals surface area contributed by atoms with E-state index in [9.17, 15) is 9.90 Å². The average molecular weight is 363 g/mol. The smallest absolute Gasteiger partial charge is 0.226 e. The predicted molar refractivity (Wildman–Crippen MR) is 103 cm³/mol. The number of hydrogen-bond acceptors (Lipinski definition) is 4. The van der Waals surface area contributed by atoms with Crippen LogP contribution in [0, 0.1) is 0 Å². The summed E-state index contributed by atoms with van der Waals surface area (Å²) in [5, 5.41) is 17.3. The van der Waals surface area contributed by atoms with Gasteiger partial charge in [-0.05, 0) is 41.8 Å². The number of benzene rings is 2. The van der Waals surface area contributed by atoms with E-state index in [2.05, 4.69) is 29.5 Å². The third-order valence-electron chi connectivity index (χ3n) is 5.02. The van der Waals surface area contributed by atoms with Crippen molar-refractivity contribution in [1.82, 2.24) is 9.78 Å². The number of amides is 1. The molecule has 0 aliphatic carbocycles. The normalized spacial score (nSPS) is 15.9. The van der Waals surface area contributed by atoms with Gasteiger partial charge in [0.15, 0.2) is 11.5 Å². The van der Waals surface area contributed by atoms with E-state index < -0.39 is 0 Å². The lowest BCUT2D eigenvalue weighted by atomic mass is 9.87. The number of carbonyl (C=O) groups is 1. The largest absolute Gasteiger partial charge is 0.504 e. The van der Waals surface area contributed by atoms with E-state index in [-0.39, 0.29) is 17.6 Å². The van der Waals surface area contributed by atoms with E-state index >= 15 is 0 Å². The highest BCUT2D eigenvalue weighted by molar-refractivity contribution is 5.94. The molecule has 1 unspecified atom stereocenters. The summed E-state index contributed by atoms with van der Waals surface area (Å²) in [6.07, 6.45) is 3.09. The van der Waals surface area contributed by atoms with Crippen molar-refractivity contribution in [2.75, 3.05) is 12.4 Å². The van der Waals surface area contributed by atoms with Crippen LogP contribution >= 0.6 is 0 Å². The van der Waals surface area contributed by atoms with Gasteiger partial charge in [0, 0.05) is 17.9 Å². The molecule has 0 fully saturated rings. The second kappa shape index (κ2) is 6.79. The molecule has 0 saturated carbocycles. The summed E-state index contributed by atoms with van der Waals surface area (Å²) < 4.78 is 6.98. The second-order valence-corrected chi connectivity index (χ2v) is 6.62. The molecule has 2 aromatic carbocycles. The minimum absolute atomic E-state index is 0.0635. The molecule has 27 heavy (non-hydrogen) atoms. The van der Waals surface area contributed by atoms with Crippen molar-refractivity contribution in [2.45, 2.75) is 25.7 Å². The molecule has 6 nitrogen and oxygen atoms in total. The molecule has 1 atom stereocenters. The Bertz CT molecular complexity index is 992. The lowest BCUT2D eigenvalue weighted by Crippen LogP contribution is -2.24. The Balaban J connectivity index is 1.77. The third-order valence-corrected chi connectivity index (χ3v) is 5.02. The van der Waals surface area contributed by atoms with Crippen molar-refractivity contribution in [2.24, 2.45) is 0 Å². The Morgan fingerprint density at radius 3 is 2.74 bits per heavy atom. The number of rotatable bonds is 4. The molecule has 3 aromatic rings. The lowest BCUT2D eigenvalue weighted by molar-refractivity contribution is -0.116. The second-order valence-electron chi connectivity index (χ2n) is 6.62. The number of aromatic hydroxyl groups is 1. The van der Waals surface area contributed by atoms with Crippen LogP contribution in [0.15, 0.2) is 48.7 Å². The molecule has 138 valence electrons. The molecule has 1 aliphatic heterocycles. The molecule has 1 aromatic heterocycles. The Hall–Kier alpha value is -3.28. The maximum absolute atomic E-state index is 12.4. The standard InChI is InChI=1S/C21H21N3O3/c1-3-13-4-7-15(8-5-13)24-21-17(12-22-24)16(11-20(26)23-21)14-6-9-18(25)19(10-14)27-2/h4-10,12,16,25H,3,11H2,1-2H3,(H,23,26). The van der Waals surface area contributed by atoms with E-state index in [1.165, 1.54) is 12.7 Å². The molecule has 0 radical (unpaired) electrons. The molecule has 4 rings (SSSR count). The number of ether oxygens (including phenoxy) is 1.